The molecule has 0 aliphatic carbocycles. The first-order chi connectivity index (χ1) is 9.11. The normalized spacial score (nSPS) is 19.4. The minimum absolute atomic E-state index is 0.317. The molecule has 0 unspecified atom stereocenters. The molecule has 0 aromatic heterocycles. The summed E-state index contributed by atoms with van der Waals surface area (Å²) in [5.74, 6) is 0. The molecule has 1 saturated heterocycles. The summed E-state index contributed by atoms with van der Waals surface area (Å²) in [7, 11) is -1.39. The second-order valence-corrected chi connectivity index (χ2v) is 5.19. The molecule has 0 spiro atoms. The van der Waals surface area contributed by atoms with Crippen molar-refractivity contribution in [1.29, 1.82) is 0 Å². The standard InChI is InChI=1S/C14H23BN2O2/c1-3-16-7-9-17(10-8-16)12(2)13-5-4-6-14(11-13)15(18)19/h4-6,11-12,18-19H,3,7-10H2,1-2H3/t12-/m0/s1. The van der Waals surface area contributed by atoms with E-state index in [9.17, 15) is 10.0 Å². The van der Waals surface area contributed by atoms with Crippen molar-refractivity contribution < 1.29 is 10.0 Å². The van der Waals surface area contributed by atoms with Crippen molar-refractivity contribution in [2.45, 2.75) is 19.9 Å². The van der Waals surface area contributed by atoms with E-state index in [1.165, 1.54) is 0 Å². The van der Waals surface area contributed by atoms with E-state index in [0.29, 0.717) is 11.5 Å². The monoisotopic (exact) mass is 262 g/mol. The maximum atomic E-state index is 9.24. The highest BCUT2D eigenvalue weighted by Gasteiger charge is 2.22. The molecule has 1 aliphatic rings. The Balaban J connectivity index is 2.03. The van der Waals surface area contributed by atoms with E-state index in [1.54, 1.807) is 6.07 Å². The summed E-state index contributed by atoms with van der Waals surface area (Å²) in [6.07, 6.45) is 0. The third-order valence-electron chi connectivity index (χ3n) is 4.09. The second-order valence-electron chi connectivity index (χ2n) is 5.19. The molecule has 2 rings (SSSR count). The first-order valence-corrected chi connectivity index (χ1v) is 7.04. The summed E-state index contributed by atoms with van der Waals surface area (Å²) in [6, 6.07) is 7.90. The molecule has 1 heterocycles. The highest BCUT2D eigenvalue weighted by Crippen LogP contribution is 2.20. The lowest BCUT2D eigenvalue weighted by atomic mass is 9.79. The summed E-state index contributed by atoms with van der Waals surface area (Å²) in [4.78, 5) is 4.91. The summed E-state index contributed by atoms with van der Waals surface area (Å²) in [6.45, 7) is 9.87. The van der Waals surface area contributed by atoms with E-state index in [1.807, 2.05) is 12.1 Å². The highest BCUT2D eigenvalue weighted by atomic mass is 16.4. The minimum atomic E-state index is -1.39. The average molecular weight is 262 g/mol. The Morgan fingerprint density at radius 2 is 1.89 bits per heavy atom. The second kappa shape index (κ2) is 6.52. The van der Waals surface area contributed by atoms with E-state index in [2.05, 4.69) is 29.7 Å². The van der Waals surface area contributed by atoms with Crippen molar-refractivity contribution in [2.75, 3.05) is 32.7 Å². The molecular formula is C14H23BN2O2. The van der Waals surface area contributed by atoms with Gasteiger partial charge in [0.15, 0.2) is 0 Å². The SMILES string of the molecule is CCN1CCN([C@@H](C)c2cccc(B(O)O)c2)CC1. The summed E-state index contributed by atoms with van der Waals surface area (Å²) < 4.78 is 0. The van der Waals surface area contributed by atoms with Crippen LogP contribution in [0, 0.1) is 0 Å². The lowest BCUT2D eigenvalue weighted by Crippen LogP contribution is -2.47. The van der Waals surface area contributed by atoms with Gasteiger partial charge >= 0.3 is 7.12 Å². The van der Waals surface area contributed by atoms with Crippen LogP contribution in [-0.2, 0) is 0 Å². The molecule has 104 valence electrons. The van der Waals surface area contributed by atoms with Crippen molar-refractivity contribution in [3.05, 3.63) is 29.8 Å². The molecule has 0 saturated carbocycles. The van der Waals surface area contributed by atoms with Crippen molar-refractivity contribution in [1.82, 2.24) is 9.80 Å². The Labute approximate surface area is 115 Å². The summed E-state index contributed by atoms with van der Waals surface area (Å²) in [5, 5.41) is 18.5. The molecule has 1 aliphatic heterocycles. The van der Waals surface area contributed by atoms with Gasteiger partial charge in [-0.25, -0.2) is 0 Å². The van der Waals surface area contributed by atoms with Crippen LogP contribution < -0.4 is 5.46 Å². The molecule has 0 bridgehead atoms. The van der Waals surface area contributed by atoms with Crippen LogP contribution in [0.25, 0.3) is 0 Å². The number of hydrogen-bond donors (Lipinski definition) is 2. The Morgan fingerprint density at radius 3 is 2.47 bits per heavy atom. The van der Waals surface area contributed by atoms with Gasteiger partial charge in [0.05, 0.1) is 0 Å². The zero-order chi connectivity index (χ0) is 13.8. The van der Waals surface area contributed by atoms with Crippen LogP contribution in [0.2, 0.25) is 0 Å². The Kier molecular flexibility index (Phi) is 4.99. The fraction of sp³-hybridized carbons (Fsp3) is 0.571. The van der Waals surface area contributed by atoms with E-state index >= 15 is 0 Å². The topological polar surface area (TPSA) is 46.9 Å². The molecule has 1 aromatic rings. The number of benzene rings is 1. The minimum Gasteiger partial charge on any atom is -0.423 e. The number of piperazine rings is 1. The summed E-state index contributed by atoms with van der Waals surface area (Å²) in [5.41, 5.74) is 1.71. The molecular weight excluding hydrogens is 239 g/mol. The number of likely N-dealkylation sites (N-methyl/N-ethyl adjacent to an activating group) is 1. The fourth-order valence-corrected chi connectivity index (χ4v) is 2.66. The molecule has 5 heteroatoms. The van der Waals surface area contributed by atoms with Crippen LogP contribution in [0.5, 0.6) is 0 Å². The highest BCUT2D eigenvalue weighted by molar-refractivity contribution is 6.58. The molecule has 1 fully saturated rings. The van der Waals surface area contributed by atoms with Gasteiger partial charge < -0.3 is 14.9 Å². The summed E-state index contributed by atoms with van der Waals surface area (Å²) >= 11 is 0. The van der Waals surface area contributed by atoms with Crippen LogP contribution in [0.3, 0.4) is 0 Å². The average Bonchev–Trinajstić information content (AvgIpc) is 2.46. The molecule has 2 N–H and O–H groups in total. The number of hydrogen-bond acceptors (Lipinski definition) is 4. The Bertz CT molecular complexity index is 406. The van der Waals surface area contributed by atoms with Crippen LogP contribution >= 0.6 is 0 Å². The smallest absolute Gasteiger partial charge is 0.423 e. The van der Waals surface area contributed by atoms with E-state index < -0.39 is 7.12 Å². The predicted molar refractivity (Wildman–Crippen MR) is 78.4 cm³/mol. The van der Waals surface area contributed by atoms with Crippen molar-refractivity contribution in [3.8, 4) is 0 Å². The maximum Gasteiger partial charge on any atom is 0.488 e. The van der Waals surface area contributed by atoms with Gasteiger partial charge in [-0.2, -0.15) is 0 Å². The van der Waals surface area contributed by atoms with Gasteiger partial charge in [0, 0.05) is 32.2 Å². The predicted octanol–water partition coefficient (Wildman–Crippen LogP) is 0.0649. The first kappa shape index (κ1) is 14.5. The molecule has 19 heavy (non-hydrogen) atoms. The quantitative estimate of drug-likeness (QED) is 0.754. The lowest BCUT2D eigenvalue weighted by Gasteiger charge is -2.37. The number of nitrogens with zero attached hydrogens (tertiary/aromatic N) is 2. The Hall–Kier alpha value is -0.875. The van der Waals surface area contributed by atoms with Gasteiger partial charge in [-0.05, 0) is 24.5 Å². The zero-order valence-electron chi connectivity index (χ0n) is 11.8. The third kappa shape index (κ3) is 3.57. The van der Waals surface area contributed by atoms with Crippen molar-refractivity contribution >= 4 is 12.6 Å². The van der Waals surface area contributed by atoms with Gasteiger partial charge in [-0.15, -0.1) is 0 Å². The van der Waals surface area contributed by atoms with Crippen LogP contribution in [0.15, 0.2) is 24.3 Å². The van der Waals surface area contributed by atoms with Crippen molar-refractivity contribution in [3.63, 3.8) is 0 Å². The van der Waals surface area contributed by atoms with Crippen LogP contribution in [0.1, 0.15) is 25.5 Å². The van der Waals surface area contributed by atoms with Crippen molar-refractivity contribution in [2.24, 2.45) is 0 Å². The molecule has 0 amide bonds. The van der Waals surface area contributed by atoms with Gasteiger partial charge in [0.25, 0.3) is 0 Å². The van der Waals surface area contributed by atoms with E-state index in [4.69, 9.17) is 0 Å². The van der Waals surface area contributed by atoms with E-state index in [-0.39, 0.29) is 0 Å². The van der Waals surface area contributed by atoms with Gasteiger partial charge in [-0.1, -0.05) is 31.2 Å². The lowest BCUT2D eigenvalue weighted by molar-refractivity contribution is 0.106. The van der Waals surface area contributed by atoms with Gasteiger partial charge in [0.1, 0.15) is 0 Å². The van der Waals surface area contributed by atoms with Crippen LogP contribution in [-0.4, -0.2) is 59.7 Å². The largest absolute Gasteiger partial charge is 0.488 e. The maximum absolute atomic E-state index is 9.24. The number of rotatable bonds is 4. The molecule has 1 aromatic carbocycles. The van der Waals surface area contributed by atoms with Gasteiger partial charge in [0.2, 0.25) is 0 Å². The fourth-order valence-electron chi connectivity index (χ4n) is 2.66. The van der Waals surface area contributed by atoms with E-state index in [0.717, 1.165) is 38.3 Å². The van der Waals surface area contributed by atoms with Crippen LogP contribution in [0.4, 0.5) is 0 Å². The molecule has 0 radical (unpaired) electrons. The third-order valence-corrected chi connectivity index (χ3v) is 4.09. The van der Waals surface area contributed by atoms with Gasteiger partial charge in [-0.3, -0.25) is 4.90 Å². The first-order valence-electron chi connectivity index (χ1n) is 7.04. The zero-order valence-corrected chi connectivity index (χ0v) is 11.8. The Morgan fingerprint density at radius 1 is 1.21 bits per heavy atom. The molecule has 1 atom stereocenters. The molecule has 4 nitrogen and oxygen atoms in total.